The molecule has 0 aliphatic heterocycles. The molecule has 0 fully saturated rings. The van der Waals surface area contributed by atoms with E-state index >= 15 is 0 Å². The lowest BCUT2D eigenvalue weighted by Crippen LogP contribution is -2.15. The van der Waals surface area contributed by atoms with Crippen molar-refractivity contribution in [2.45, 2.75) is 18.9 Å². The summed E-state index contributed by atoms with van der Waals surface area (Å²) in [5.74, 6) is -0.586. The van der Waals surface area contributed by atoms with Crippen molar-refractivity contribution >= 4 is 26.6 Å². The molecule has 2 N–H and O–H groups in total. The van der Waals surface area contributed by atoms with E-state index < -0.39 is 15.8 Å². The highest BCUT2D eigenvalue weighted by Crippen LogP contribution is 2.32. The highest BCUT2D eigenvalue weighted by atomic mass is 32.2. The van der Waals surface area contributed by atoms with E-state index in [2.05, 4.69) is 14.7 Å². The number of aromatic amines is 1. The first-order chi connectivity index (χ1) is 10.8. The van der Waals surface area contributed by atoms with Crippen molar-refractivity contribution in [3.05, 3.63) is 41.4 Å². The molecule has 118 valence electrons. The SMILES string of the molecule is Cc1nc(S(=O)(=O)Nc2c(F)cc(C)c3c(C#N)c[nH]c23)co1. The molecule has 0 saturated carbocycles. The van der Waals surface area contributed by atoms with E-state index in [0.717, 1.165) is 6.26 Å². The highest BCUT2D eigenvalue weighted by molar-refractivity contribution is 7.92. The number of nitrogens with one attached hydrogen (secondary N) is 2. The number of oxazole rings is 1. The first-order valence-corrected chi connectivity index (χ1v) is 7.97. The zero-order chi connectivity index (χ0) is 16.8. The third-order valence-electron chi connectivity index (χ3n) is 3.34. The van der Waals surface area contributed by atoms with Gasteiger partial charge in [-0.25, -0.2) is 9.37 Å². The van der Waals surface area contributed by atoms with E-state index in [1.54, 1.807) is 6.92 Å². The topological polar surface area (TPSA) is 112 Å². The summed E-state index contributed by atoms with van der Waals surface area (Å²) in [6.45, 7) is 3.13. The quantitative estimate of drug-likeness (QED) is 0.764. The minimum atomic E-state index is -4.11. The maximum absolute atomic E-state index is 14.3. The van der Waals surface area contributed by atoms with Crippen LogP contribution in [0.1, 0.15) is 17.0 Å². The minimum absolute atomic E-state index is 0.173. The predicted molar refractivity (Wildman–Crippen MR) is 79.8 cm³/mol. The van der Waals surface area contributed by atoms with Crippen molar-refractivity contribution in [2.24, 2.45) is 0 Å². The van der Waals surface area contributed by atoms with Crippen LogP contribution in [0.25, 0.3) is 10.9 Å². The fourth-order valence-corrected chi connectivity index (χ4v) is 3.32. The molecule has 0 saturated heterocycles. The van der Waals surface area contributed by atoms with Crippen LogP contribution in [0.3, 0.4) is 0 Å². The van der Waals surface area contributed by atoms with Gasteiger partial charge >= 0.3 is 0 Å². The Bertz CT molecular complexity index is 1060. The summed E-state index contributed by atoms with van der Waals surface area (Å²) in [5.41, 5.74) is 0.751. The number of H-pyrrole nitrogens is 1. The Kier molecular flexibility index (Phi) is 3.34. The van der Waals surface area contributed by atoms with Crippen molar-refractivity contribution < 1.29 is 17.2 Å². The van der Waals surface area contributed by atoms with Crippen LogP contribution in [0.5, 0.6) is 0 Å². The molecule has 7 nitrogen and oxygen atoms in total. The van der Waals surface area contributed by atoms with Gasteiger partial charge in [0.25, 0.3) is 10.0 Å². The van der Waals surface area contributed by atoms with E-state index in [9.17, 15) is 12.8 Å². The summed E-state index contributed by atoms with van der Waals surface area (Å²) in [6, 6.07) is 3.15. The summed E-state index contributed by atoms with van der Waals surface area (Å²) in [4.78, 5) is 6.46. The zero-order valence-corrected chi connectivity index (χ0v) is 13.0. The van der Waals surface area contributed by atoms with Crippen molar-refractivity contribution in [1.82, 2.24) is 9.97 Å². The van der Waals surface area contributed by atoms with Crippen LogP contribution in [-0.2, 0) is 10.0 Å². The maximum atomic E-state index is 14.3. The average Bonchev–Trinajstić information content (AvgIpc) is 3.10. The third kappa shape index (κ3) is 2.43. The number of aryl methyl sites for hydroxylation is 2. The number of rotatable bonds is 3. The molecule has 2 aromatic heterocycles. The van der Waals surface area contributed by atoms with Gasteiger partial charge in [0.2, 0.25) is 5.03 Å². The summed E-state index contributed by atoms with van der Waals surface area (Å²) in [7, 11) is -4.11. The summed E-state index contributed by atoms with van der Waals surface area (Å²) in [5, 5.41) is 9.21. The maximum Gasteiger partial charge on any atom is 0.282 e. The lowest BCUT2D eigenvalue weighted by Gasteiger charge is -2.10. The normalized spacial score (nSPS) is 11.6. The second-order valence-electron chi connectivity index (χ2n) is 4.92. The van der Waals surface area contributed by atoms with Crippen LogP contribution < -0.4 is 4.72 Å². The number of aromatic nitrogens is 2. The molecule has 2 heterocycles. The van der Waals surface area contributed by atoms with E-state index in [0.29, 0.717) is 16.5 Å². The number of halogens is 1. The molecular formula is C14H11FN4O3S. The standard InChI is InChI=1S/C14H11FN4O3S/c1-7-3-10(15)13(14-12(7)9(4-16)5-17-14)19-23(20,21)11-6-22-8(2)18-11/h3,5-6,17,19H,1-2H3. The third-order valence-corrected chi connectivity index (χ3v) is 4.55. The first-order valence-electron chi connectivity index (χ1n) is 6.48. The summed E-state index contributed by atoms with van der Waals surface area (Å²) in [6.07, 6.45) is 2.37. The van der Waals surface area contributed by atoms with Crippen molar-refractivity contribution in [3.63, 3.8) is 0 Å². The average molecular weight is 334 g/mol. The van der Waals surface area contributed by atoms with Crippen molar-refractivity contribution in [3.8, 4) is 6.07 Å². The molecule has 0 bridgehead atoms. The van der Waals surface area contributed by atoms with Crippen molar-refractivity contribution in [1.29, 1.82) is 5.26 Å². The van der Waals surface area contributed by atoms with Crippen LogP contribution in [0.15, 0.2) is 28.0 Å². The Morgan fingerprint density at radius 1 is 1.43 bits per heavy atom. The molecular weight excluding hydrogens is 323 g/mol. The molecule has 0 spiro atoms. The lowest BCUT2D eigenvalue weighted by molar-refractivity contribution is 0.519. The van der Waals surface area contributed by atoms with Gasteiger partial charge in [0.1, 0.15) is 23.8 Å². The number of anilines is 1. The van der Waals surface area contributed by atoms with Gasteiger partial charge < -0.3 is 9.40 Å². The van der Waals surface area contributed by atoms with Gasteiger partial charge in [-0.15, -0.1) is 0 Å². The molecule has 23 heavy (non-hydrogen) atoms. The van der Waals surface area contributed by atoms with Crippen LogP contribution in [-0.4, -0.2) is 18.4 Å². The molecule has 0 aliphatic carbocycles. The Morgan fingerprint density at radius 2 is 2.17 bits per heavy atom. The molecule has 3 rings (SSSR count). The Morgan fingerprint density at radius 3 is 2.78 bits per heavy atom. The van der Waals surface area contributed by atoms with Gasteiger partial charge in [0.15, 0.2) is 5.89 Å². The summed E-state index contributed by atoms with van der Waals surface area (Å²) < 4.78 is 45.9. The molecule has 0 amide bonds. The minimum Gasteiger partial charge on any atom is -0.448 e. The molecule has 0 atom stereocenters. The monoisotopic (exact) mass is 334 g/mol. The number of hydrogen-bond acceptors (Lipinski definition) is 5. The van der Waals surface area contributed by atoms with E-state index in [1.807, 2.05) is 6.07 Å². The molecule has 0 radical (unpaired) electrons. The fraction of sp³-hybridized carbons (Fsp3) is 0.143. The van der Waals surface area contributed by atoms with Crippen molar-refractivity contribution in [2.75, 3.05) is 4.72 Å². The molecule has 0 unspecified atom stereocenters. The first kappa shape index (κ1) is 15.1. The predicted octanol–water partition coefficient (Wildman–Crippen LogP) is 2.58. The molecule has 9 heteroatoms. The molecule has 3 aromatic rings. The van der Waals surface area contributed by atoms with Crippen LogP contribution in [0.4, 0.5) is 10.1 Å². The Hall–Kier alpha value is -2.86. The number of benzene rings is 1. The Balaban J connectivity index is 2.18. The zero-order valence-electron chi connectivity index (χ0n) is 12.1. The fourth-order valence-electron chi connectivity index (χ4n) is 2.33. The largest absolute Gasteiger partial charge is 0.448 e. The van der Waals surface area contributed by atoms with E-state index in [1.165, 1.54) is 19.2 Å². The number of hydrogen-bond donors (Lipinski definition) is 2. The number of sulfonamides is 1. The van der Waals surface area contributed by atoms with Crippen LogP contribution >= 0.6 is 0 Å². The number of nitriles is 1. The van der Waals surface area contributed by atoms with E-state index in [-0.39, 0.29) is 22.1 Å². The smallest absolute Gasteiger partial charge is 0.282 e. The summed E-state index contributed by atoms with van der Waals surface area (Å²) >= 11 is 0. The van der Waals surface area contributed by atoms with Crippen LogP contribution in [0, 0.1) is 31.0 Å². The highest BCUT2D eigenvalue weighted by Gasteiger charge is 2.23. The van der Waals surface area contributed by atoms with Gasteiger partial charge in [-0.2, -0.15) is 13.7 Å². The van der Waals surface area contributed by atoms with Gasteiger partial charge in [-0.05, 0) is 18.6 Å². The molecule has 1 aromatic carbocycles. The lowest BCUT2D eigenvalue weighted by atomic mass is 10.1. The van der Waals surface area contributed by atoms with Gasteiger partial charge in [0, 0.05) is 18.5 Å². The second-order valence-corrected chi connectivity index (χ2v) is 6.55. The second kappa shape index (κ2) is 5.10. The number of fused-ring (bicyclic) bond motifs is 1. The van der Waals surface area contributed by atoms with Gasteiger partial charge in [0.05, 0.1) is 11.1 Å². The van der Waals surface area contributed by atoms with Gasteiger partial charge in [-0.3, -0.25) is 4.72 Å². The van der Waals surface area contributed by atoms with Gasteiger partial charge in [-0.1, -0.05) is 0 Å². The Labute approximate surface area is 130 Å². The van der Waals surface area contributed by atoms with Crippen LogP contribution in [0.2, 0.25) is 0 Å². The van der Waals surface area contributed by atoms with E-state index in [4.69, 9.17) is 9.68 Å². The molecule has 0 aliphatic rings. The number of nitrogens with zero attached hydrogens (tertiary/aromatic N) is 2.